The van der Waals surface area contributed by atoms with Crippen LogP contribution in [0.15, 0.2) is 42.5 Å². The van der Waals surface area contributed by atoms with Crippen LogP contribution in [-0.4, -0.2) is 36.0 Å². The molecule has 1 saturated heterocycles. The minimum atomic E-state index is -0.481. The molecule has 3 heteroatoms. The lowest BCUT2D eigenvalue weighted by molar-refractivity contribution is 0.0159. The van der Waals surface area contributed by atoms with E-state index in [0.717, 1.165) is 38.2 Å². The minimum absolute atomic E-state index is 0.387. The van der Waals surface area contributed by atoms with Crippen LogP contribution >= 0.6 is 0 Å². The maximum Gasteiger partial charge on any atom is 0.0857 e. The molecule has 1 aromatic rings. The summed E-state index contributed by atoms with van der Waals surface area (Å²) < 4.78 is 0. The largest absolute Gasteiger partial charge is 0.400 e. The molecule has 5 unspecified atom stereocenters. The van der Waals surface area contributed by atoms with Crippen LogP contribution in [0.5, 0.6) is 0 Å². The Morgan fingerprint density at radius 2 is 1.68 bits per heavy atom. The molecule has 0 bridgehead atoms. The first-order valence-electron chi connectivity index (χ1n) is 16.5. The van der Waals surface area contributed by atoms with E-state index in [4.69, 9.17) is 5.11 Å². The monoisotopic (exact) mass is 549 g/mol. The predicted molar refractivity (Wildman–Crippen MR) is 173 cm³/mol. The molecule has 6 atom stereocenters. The molecule has 3 nitrogen and oxygen atoms in total. The molecule has 5 aliphatic rings. The summed E-state index contributed by atoms with van der Waals surface area (Å²) >= 11 is 0. The zero-order chi connectivity index (χ0) is 29.2. The van der Waals surface area contributed by atoms with Crippen molar-refractivity contribution in [1.29, 1.82) is 0 Å². The topological polar surface area (TPSA) is 52.5 Å². The molecule has 1 heterocycles. The van der Waals surface area contributed by atoms with Gasteiger partial charge in [-0.2, -0.15) is 0 Å². The maximum atomic E-state index is 11.4. The van der Waals surface area contributed by atoms with Crippen LogP contribution in [0.25, 0.3) is 12.2 Å². The van der Waals surface area contributed by atoms with E-state index >= 15 is 0 Å². The molecule has 0 aromatic heterocycles. The Hall–Kier alpha value is -1.68. The highest BCUT2D eigenvalue weighted by Crippen LogP contribution is 2.64. The third-order valence-corrected chi connectivity index (χ3v) is 10.7. The molecule has 40 heavy (non-hydrogen) atoms. The van der Waals surface area contributed by atoms with Gasteiger partial charge in [0.15, 0.2) is 0 Å². The van der Waals surface area contributed by atoms with Crippen LogP contribution in [-0.2, 0) is 0 Å². The summed E-state index contributed by atoms with van der Waals surface area (Å²) in [6.07, 6.45) is 23.8. The van der Waals surface area contributed by atoms with Crippen molar-refractivity contribution in [2.24, 2.45) is 23.2 Å². The van der Waals surface area contributed by atoms with Gasteiger partial charge < -0.3 is 15.5 Å². The molecule has 3 N–H and O–H groups in total. The molecule has 0 spiro atoms. The van der Waals surface area contributed by atoms with Crippen LogP contribution in [0.1, 0.15) is 127 Å². The van der Waals surface area contributed by atoms with Gasteiger partial charge in [0.2, 0.25) is 0 Å². The smallest absolute Gasteiger partial charge is 0.0857 e. The molecular weight excluding hydrogens is 490 g/mol. The lowest BCUT2D eigenvalue weighted by Crippen LogP contribution is -2.40. The number of hydrogen-bond acceptors (Lipinski definition) is 3. The van der Waals surface area contributed by atoms with Crippen molar-refractivity contribution in [3.05, 3.63) is 59.2 Å². The lowest BCUT2D eigenvalue weighted by Gasteiger charge is -2.48. The van der Waals surface area contributed by atoms with Crippen molar-refractivity contribution < 1.29 is 10.2 Å². The Kier molecular flexibility index (Phi) is 12.7. The van der Waals surface area contributed by atoms with Crippen LogP contribution in [0, 0.1) is 23.2 Å². The number of allylic oxidation sites excluding steroid dienone is 2. The Morgan fingerprint density at radius 3 is 2.33 bits per heavy atom. The van der Waals surface area contributed by atoms with Gasteiger partial charge in [-0.25, -0.2) is 0 Å². The zero-order valence-corrected chi connectivity index (χ0v) is 26.4. The van der Waals surface area contributed by atoms with Crippen LogP contribution < -0.4 is 5.32 Å². The summed E-state index contributed by atoms with van der Waals surface area (Å²) in [6, 6.07) is 7.10. The van der Waals surface area contributed by atoms with Crippen molar-refractivity contribution in [3.8, 4) is 0 Å². The highest BCUT2D eigenvalue weighted by Gasteiger charge is 2.55. The summed E-state index contributed by atoms with van der Waals surface area (Å²) in [5.41, 5.74) is 5.37. The third-order valence-electron chi connectivity index (χ3n) is 10.7. The summed E-state index contributed by atoms with van der Waals surface area (Å²) in [5.74, 6) is 2.89. The molecular formula is C37H59NO2. The predicted octanol–water partition coefficient (Wildman–Crippen LogP) is 8.92. The maximum absolute atomic E-state index is 11.4. The SMILES string of the molecule is C1CCNC1.C=Cc1cc(C2CCC3C4CC[C@@]5(O)CCCCC5=CC4CCC23C)ccc1/C=C\C.CC.CO. The van der Waals surface area contributed by atoms with Gasteiger partial charge in [-0.1, -0.05) is 69.9 Å². The Balaban J connectivity index is 0.000000429. The molecule has 1 aromatic carbocycles. The number of hydrogen-bond donors (Lipinski definition) is 3. The number of aliphatic hydroxyl groups excluding tert-OH is 1. The van der Waals surface area contributed by atoms with Gasteiger partial charge in [-0.15, -0.1) is 0 Å². The molecule has 0 amide bonds. The van der Waals surface area contributed by atoms with Gasteiger partial charge in [-0.3, -0.25) is 0 Å². The van der Waals surface area contributed by atoms with Crippen molar-refractivity contribution in [2.45, 2.75) is 116 Å². The Bertz CT molecular complexity index is 984. The molecule has 4 aliphatic carbocycles. The fraction of sp³-hybridized carbons (Fsp3) is 0.676. The Labute approximate surface area is 246 Å². The van der Waals surface area contributed by atoms with Gasteiger partial charge in [0, 0.05) is 7.11 Å². The number of nitrogens with one attached hydrogen (secondary N) is 1. The molecule has 4 fully saturated rings. The quantitative estimate of drug-likeness (QED) is 0.330. The molecule has 1 aliphatic heterocycles. The van der Waals surface area contributed by atoms with E-state index in [2.05, 4.69) is 62.2 Å². The van der Waals surface area contributed by atoms with Crippen molar-refractivity contribution in [3.63, 3.8) is 0 Å². The fourth-order valence-corrected chi connectivity index (χ4v) is 8.74. The van der Waals surface area contributed by atoms with E-state index in [1.165, 1.54) is 93.1 Å². The summed E-state index contributed by atoms with van der Waals surface area (Å²) in [5, 5.41) is 21.6. The second kappa shape index (κ2) is 15.5. The van der Waals surface area contributed by atoms with Gasteiger partial charge in [0.1, 0.15) is 0 Å². The second-order valence-corrected chi connectivity index (χ2v) is 12.6. The zero-order valence-electron chi connectivity index (χ0n) is 26.4. The van der Waals surface area contributed by atoms with Gasteiger partial charge in [0.05, 0.1) is 5.60 Å². The molecule has 3 saturated carbocycles. The standard InChI is InChI=1S/C30H40O.C4H9N.C2H6.CH4O/c1-4-8-22-10-11-24(19-21(22)5-2)27-12-13-28-26-15-18-30(31)16-7-6-9-25(30)20-23(26)14-17-29(27,28)3;1-2-4-5-3-1;2*1-2/h4-5,8,10-11,19-20,23,26-28,31H,2,6-7,9,12-18H2,1,3H3;5H,1-4H2;1-2H3;2H,1H3/b8-4-;;;/t23?,26?,27?,28?,29?,30-;;;/m0.../s1. The van der Waals surface area contributed by atoms with Crippen molar-refractivity contribution in [1.82, 2.24) is 5.32 Å². The average Bonchev–Trinajstić information content (AvgIpc) is 3.66. The number of benzene rings is 1. The normalized spacial score (nSPS) is 34.2. The first-order valence-corrected chi connectivity index (χ1v) is 16.5. The Morgan fingerprint density at radius 1 is 0.925 bits per heavy atom. The van der Waals surface area contributed by atoms with E-state index in [9.17, 15) is 5.11 Å². The van der Waals surface area contributed by atoms with Gasteiger partial charge >= 0.3 is 0 Å². The molecule has 224 valence electrons. The third kappa shape index (κ3) is 7.02. The second-order valence-electron chi connectivity index (χ2n) is 12.6. The first-order chi connectivity index (χ1) is 19.5. The number of rotatable bonds is 3. The van der Waals surface area contributed by atoms with Crippen LogP contribution in [0.2, 0.25) is 0 Å². The van der Waals surface area contributed by atoms with Crippen molar-refractivity contribution >= 4 is 12.2 Å². The lowest BCUT2D eigenvalue weighted by atomic mass is 9.56. The van der Waals surface area contributed by atoms with E-state index in [-0.39, 0.29) is 0 Å². The van der Waals surface area contributed by atoms with E-state index in [1.54, 1.807) is 0 Å². The van der Waals surface area contributed by atoms with Gasteiger partial charge in [-0.05, 0) is 148 Å². The first kappa shape index (κ1) is 32.8. The highest BCUT2D eigenvalue weighted by atomic mass is 16.3. The fourth-order valence-electron chi connectivity index (χ4n) is 8.74. The van der Waals surface area contributed by atoms with Crippen molar-refractivity contribution in [2.75, 3.05) is 20.2 Å². The van der Waals surface area contributed by atoms with Gasteiger partial charge in [0.25, 0.3) is 0 Å². The summed E-state index contributed by atoms with van der Waals surface area (Å²) in [4.78, 5) is 0. The van der Waals surface area contributed by atoms with Crippen LogP contribution in [0.4, 0.5) is 0 Å². The average molecular weight is 550 g/mol. The van der Waals surface area contributed by atoms with E-state index in [0.29, 0.717) is 17.3 Å². The molecule has 6 rings (SSSR count). The number of fused-ring (bicyclic) bond motifs is 4. The van der Waals surface area contributed by atoms with E-state index < -0.39 is 5.60 Å². The summed E-state index contributed by atoms with van der Waals surface area (Å²) in [7, 11) is 1.00. The summed E-state index contributed by atoms with van der Waals surface area (Å²) in [6.45, 7) is 15.3. The minimum Gasteiger partial charge on any atom is -0.400 e. The highest BCUT2D eigenvalue weighted by molar-refractivity contribution is 5.65. The van der Waals surface area contributed by atoms with E-state index in [1.807, 2.05) is 19.9 Å². The molecule has 0 radical (unpaired) electrons. The number of aliphatic hydroxyl groups is 2. The van der Waals surface area contributed by atoms with Crippen LogP contribution in [0.3, 0.4) is 0 Å².